The van der Waals surface area contributed by atoms with Gasteiger partial charge in [-0.2, -0.15) is 0 Å². The molecule has 1 rings (SSSR count). The first kappa shape index (κ1) is 12.9. The molecule has 1 heteroatoms. The Morgan fingerprint density at radius 3 is 1.18 bits per heavy atom. The molecule has 0 atom stereocenters. The number of aryl methyl sites for hydroxylation is 2. The minimum atomic E-state index is 1.23. The highest BCUT2D eigenvalue weighted by Crippen LogP contribution is 1.95. The number of aromatic nitrogens is 1. The van der Waals surface area contributed by atoms with Crippen molar-refractivity contribution in [3.05, 3.63) is 23.5 Å². The Morgan fingerprint density at radius 1 is 0.818 bits per heavy atom. The summed E-state index contributed by atoms with van der Waals surface area (Å²) in [6.45, 7) is 12.1. The summed E-state index contributed by atoms with van der Waals surface area (Å²) < 4.78 is 0. The number of nitrogens with one attached hydrogen (secondary N) is 1. The monoisotopic (exact) mass is 155 g/mol. The minimum Gasteiger partial charge on any atom is -0.363 e. The number of H-pyrrole nitrogens is 1. The molecule has 0 aliphatic heterocycles. The van der Waals surface area contributed by atoms with Crippen LogP contribution < -0.4 is 0 Å². The smallest absolute Gasteiger partial charge is 0.0117 e. The maximum absolute atomic E-state index is 3.14. The number of hydrogen-bond donors (Lipinski definition) is 1. The molecular formula is C10H21N. The molecule has 0 aliphatic rings. The second kappa shape index (κ2) is 9.28. The topological polar surface area (TPSA) is 15.8 Å². The third-order valence-corrected chi connectivity index (χ3v) is 0.978. The lowest BCUT2D eigenvalue weighted by atomic mass is 10.5. The van der Waals surface area contributed by atoms with Crippen molar-refractivity contribution >= 4 is 0 Å². The highest BCUT2D eigenvalue weighted by atomic mass is 14.7. The van der Waals surface area contributed by atoms with E-state index >= 15 is 0 Å². The van der Waals surface area contributed by atoms with Crippen molar-refractivity contribution in [2.75, 3.05) is 0 Å². The first-order valence-electron chi connectivity index (χ1n) is 4.41. The Labute approximate surface area is 70.8 Å². The fourth-order valence-corrected chi connectivity index (χ4v) is 0.644. The van der Waals surface area contributed by atoms with E-state index in [2.05, 4.69) is 17.1 Å². The molecule has 0 saturated heterocycles. The zero-order valence-electron chi connectivity index (χ0n) is 8.65. The van der Waals surface area contributed by atoms with E-state index in [1.807, 2.05) is 41.5 Å². The maximum atomic E-state index is 3.14. The molecule has 0 saturated carbocycles. The third kappa shape index (κ3) is 7.17. The lowest BCUT2D eigenvalue weighted by Crippen LogP contribution is -1.67. The second-order valence-corrected chi connectivity index (χ2v) is 1.82. The summed E-state index contributed by atoms with van der Waals surface area (Å²) >= 11 is 0. The van der Waals surface area contributed by atoms with Gasteiger partial charge in [-0.3, -0.25) is 0 Å². The van der Waals surface area contributed by atoms with Crippen LogP contribution in [-0.4, -0.2) is 4.98 Å². The van der Waals surface area contributed by atoms with Gasteiger partial charge in [0.1, 0.15) is 0 Å². The van der Waals surface area contributed by atoms with Crippen LogP contribution >= 0.6 is 0 Å². The highest BCUT2D eigenvalue weighted by Gasteiger charge is 1.82. The summed E-state index contributed by atoms with van der Waals surface area (Å²) in [4.78, 5) is 3.14. The van der Waals surface area contributed by atoms with E-state index in [1.54, 1.807) is 0 Å². The van der Waals surface area contributed by atoms with Gasteiger partial charge in [0.15, 0.2) is 0 Å². The summed E-state index contributed by atoms with van der Waals surface area (Å²) in [7, 11) is 0. The molecule has 0 aromatic carbocycles. The molecule has 66 valence electrons. The van der Waals surface area contributed by atoms with Crippen molar-refractivity contribution in [2.24, 2.45) is 0 Å². The van der Waals surface area contributed by atoms with Crippen molar-refractivity contribution < 1.29 is 0 Å². The van der Waals surface area contributed by atoms with Gasteiger partial charge in [0.05, 0.1) is 0 Å². The molecule has 11 heavy (non-hydrogen) atoms. The van der Waals surface area contributed by atoms with Gasteiger partial charge in [-0.25, -0.2) is 0 Å². The van der Waals surface area contributed by atoms with E-state index in [0.29, 0.717) is 0 Å². The molecule has 0 radical (unpaired) electrons. The Kier molecular flexibility index (Phi) is 10.9. The summed E-state index contributed by atoms with van der Waals surface area (Å²) in [5.41, 5.74) is 2.47. The number of hydrogen-bond acceptors (Lipinski definition) is 0. The van der Waals surface area contributed by atoms with Gasteiger partial charge in [0, 0.05) is 11.4 Å². The Bertz CT molecular complexity index is 137. The first-order chi connectivity index (χ1) is 5.29. The van der Waals surface area contributed by atoms with Crippen LogP contribution in [0.3, 0.4) is 0 Å². The Morgan fingerprint density at radius 2 is 1.09 bits per heavy atom. The Balaban J connectivity index is 0. The van der Waals surface area contributed by atoms with Gasteiger partial charge in [-0.05, 0) is 26.0 Å². The lowest BCUT2D eigenvalue weighted by Gasteiger charge is -1.77. The molecule has 0 aliphatic carbocycles. The average molecular weight is 155 g/mol. The van der Waals surface area contributed by atoms with Crippen molar-refractivity contribution in [1.82, 2.24) is 4.98 Å². The molecular weight excluding hydrogens is 134 g/mol. The molecule has 1 N–H and O–H groups in total. The SMILES string of the molecule is CC.CC.Cc1ccc(C)[nH]1. The van der Waals surface area contributed by atoms with Crippen LogP contribution in [0.25, 0.3) is 0 Å². The van der Waals surface area contributed by atoms with Gasteiger partial charge in [0.25, 0.3) is 0 Å². The van der Waals surface area contributed by atoms with Crippen LogP contribution in [0.5, 0.6) is 0 Å². The predicted octanol–water partition coefficient (Wildman–Crippen LogP) is 3.68. The quantitative estimate of drug-likeness (QED) is 0.588. The minimum absolute atomic E-state index is 1.23. The van der Waals surface area contributed by atoms with Crippen molar-refractivity contribution in [3.8, 4) is 0 Å². The summed E-state index contributed by atoms with van der Waals surface area (Å²) in [5, 5.41) is 0. The van der Waals surface area contributed by atoms with E-state index in [1.165, 1.54) is 11.4 Å². The molecule has 0 spiro atoms. The molecule has 0 bridgehead atoms. The van der Waals surface area contributed by atoms with Crippen LogP contribution in [0.2, 0.25) is 0 Å². The van der Waals surface area contributed by atoms with Gasteiger partial charge < -0.3 is 4.98 Å². The van der Waals surface area contributed by atoms with Crippen molar-refractivity contribution in [1.29, 1.82) is 0 Å². The van der Waals surface area contributed by atoms with E-state index in [-0.39, 0.29) is 0 Å². The standard InChI is InChI=1S/C6H9N.2C2H6/c1-5-3-4-6(2)7-5;2*1-2/h3-4,7H,1-2H3;2*1-2H3. The summed E-state index contributed by atoms with van der Waals surface area (Å²) in [5.74, 6) is 0. The van der Waals surface area contributed by atoms with Crippen LogP contribution in [0.4, 0.5) is 0 Å². The van der Waals surface area contributed by atoms with E-state index in [9.17, 15) is 0 Å². The van der Waals surface area contributed by atoms with Gasteiger partial charge in [0.2, 0.25) is 0 Å². The van der Waals surface area contributed by atoms with Crippen LogP contribution in [0, 0.1) is 13.8 Å². The molecule has 1 heterocycles. The largest absolute Gasteiger partial charge is 0.363 e. The summed E-state index contributed by atoms with van der Waals surface area (Å²) in [6, 6.07) is 4.13. The van der Waals surface area contributed by atoms with Crippen LogP contribution in [-0.2, 0) is 0 Å². The normalized spacial score (nSPS) is 7.09. The molecule has 1 aromatic heterocycles. The van der Waals surface area contributed by atoms with Crippen molar-refractivity contribution in [3.63, 3.8) is 0 Å². The number of rotatable bonds is 0. The van der Waals surface area contributed by atoms with Gasteiger partial charge in [-0.15, -0.1) is 0 Å². The molecule has 1 aromatic rings. The van der Waals surface area contributed by atoms with Crippen molar-refractivity contribution in [2.45, 2.75) is 41.5 Å². The predicted molar refractivity (Wildman–Crippen MR) is 53.0 cm³/mol. The zero-order chi connectivity index (χ0) is 9.28. The fourth-order valence-electron chi connectivity index (χ4n) is 0.644. The van der Waals surface area contributed by atoms with E-state index < -0.39 is 0 Å². The zero-order valence-corrected chi connectivity index (χ0v) is 8.65. The second-order valence-electron chi connectivity index (χ2n) is 1.82. The van der Waals surface area contributed by atoms with Gasteiger partial charge in [-0.1, -0.05) is 27.7 Å². The molecule has 0 amide bonds. The first-order valence-corrected chi connectivity index (χ1v) is 4.41. The lowest BCUT2D eigenvalue weighted by molar-refractivity contribution is 1.19. The molecule has 0 fully saturated rings. The molecule has 0 unspecified atom stereocenters. The van der Waals surface area contributed by atoms with Crippen LogP contribution in [0.1, 0.15) is 39.1 Å². The van der Waals surface area contributed by atoms with Gasteiger partial charge >= 0.3 is 0 Å². The van der Waals surface area contributed by atoms with E-state index in [0.717, 1.165) is 0 Å². The third-order valence-electron chi connectivity index (χ3n) is 0.978. The molecule has 1 nitrogen and oxygen atoms in total. The maximum Gasteiger partial charge on any atom is 0.0117 e. The van der Waals surface area contributed by atoms with Crippen LogP contribution in [0.15, 0.2) is 12.1 Å². The fraction of sp³-hybridized carbons (Fsp3) is 0.600. The highest BCUT2D eigenvalue weighted by molar-refractivity contribution is 5.09. The average Bonchev–Trinajstić information content (AvgIpc) is 2.43. The summed E-state index contributed by atoms with van der Waals surface area (Å²) in [6.07, 6.45) is 0. The number of aromatic amines is 1. The van der Waals surface area contributed by atoms with E-state index in [4.69, 9.17) is 0 Å². The Hall–Kier alpha value is -0.720.